The summed E-state index contributed by atoms with van der Waals surface area (Å²) in [5, 5.41) is 3.51. The van der Waals surface area contributed by atoms with E-state index in [1.54, 1.807) is 18.2 Å². The lowest BCUT2D eigenvalue weighted by molar-refractivity contribution is -0.137. The molecule has 0 radical (unpaired) electrons. The van der Waals surface area contributed by atoms with Crippen molar-refractivity contribution in [2.75, 3.05) is 0 Å². The van der Waals surface area contributed by atoms with Gasteiger partial charge in [0.2, 0.25) is 5.91 Å². The Morgan fingerprint density at radius 1 is 1.12 bits per heavy atom. The molecule has 0 bridgehead atoms. The average molecular weight is 374 g/mol. The first-order chi connectivity index (χ1) is 11.3. The summed E-state index contributed by atoms with van der Waals surface area (Å²) in [4.78, 5) is 11.8. The van der Waals surface area contributed by atoms with E-state index in [9.17, 15) is 18.0 Å². The van der Waals surface area contributed by atoms with E-state index in [1.807, 2.05) is 0 Å². The fraction of sp³-hybridized carbons (Fsp3) is 0.118. The molecule has 2 nitrogen and oxygen atoms in total. The quantitative estimate of drug-likeness (QED) is 0.719. The molecule has 0 atom stereocenters. The summed E-state index contributed by atoms with van der Waals surface area (Å²) in [7, 11) is 0. The Kier molecular flexibility index (Phi) is 5.91. The van der Waals surface area contributed by atoms with Crippen LogP contribution in [0.5, 0.6) is 0 Å². The first-order valence-corrected chi connectivity index (χ1v) is 7.58. The largest absolute Gasteiger partial charge is 0.416 e. The number of nitrogens with one attached hydrogen (secondary N) is 1. The van der Waals surface area contributed by atoms with Crippen LogP contribution in [-0.4, -0.2) is 5.91 Å². The minimum atomic E-state index is -4.42. The average Bonchev–Trinajstić information content (AvgIpc) is 2.51. The monoisotopic (exact) mass is 373 g/mol. The Morgan fingerprint density at radius 3 is 2.54 bits per heavy atom. The van der Waals surface area contributed by atoms with E-state index in [0.29, 0.717) is 15.6 Å². The first-order valence-electron chi connectivity index (χ1n) is 6.83. The van der Waals surface area contributed by atoms with Gasteiger partial charge in [-0.25, -0.2) is 0 Å². The van der Waals surface area contributed by atoms with Gasteiger partial charge in [0, 0.05) is 22.7 Å². The number of rotatable bonds is 4. The van der Waals surface area contributed by atoms with E-state index in [0.717, 1.165) is 12.1 Å². The first kappa shape index (κ1) is 18.4. The van der Waals surface area contributed by atoms with E-state index in [4.69, 9.17) is 23.2 Å². The maximum absolute atomic E-state index is 12.6. The number of halogens is 5. The van der Waals surface area contributed by atoms with Crippen molar-refractivity contribution in [1.29, 1.82) is 0 Å². The van der Waals surface area contributed by atoms with E-state index in [-0.39, 0.29) is 12.1 Å². The van der Waals surface area contributed by atoms with Crippen LogP contribution in [0.25, 0.3) is 6.08 Å². The molecule has 0 aliphatic rings. The number of amides is 1. The normalized spacial score (nSPS) is 11.7. The summed E-state index contributed by atoms with van der Waals surface area (Å²) in [5.74, 6) is -0.446. The highest BCUT2D eigenvalue weighted by molar-refractivity contribution is 6.35. The number of carbonyl (C=O) groups excluding carboxylic acids is 1. The third-order valence-electron chi connectivity index (χ3n) is 3.11. The van der Waals surface area contributed by atoms with Crippen LogP contribution in [-0.2, 0) is 17.5 Å². The molecule has 0 fully saturated rings. The van der Waals surface area contributed by atoms with Crippen molar-refractivity contribution in [3.8, 4) is 0 Å². The summed E-state index contributed by atoms with van der Waals surface area (Å²) in [6, 6.07) is 9.60. The SMILES string of the molecule is O=C(/C=C/c1cccc(C(F)(F)F)c1)NCc1ccc(Cl)cc1Cl. The van der Waals surface area contributed by atoms with Gasteiger partial charge in [-0.2, -0.15) is 13.2 Å². The molecule has 7 heteroatoms. The number of benzene rings is 2. The van der Waals surface area contributed by atoms with Crippen LogP contribution in [0.15, 0.2) is 48.5 Å². The van der Waals surface area contributed by atoms with Crippen LogP contribution in [0, 0.1) is 0 Å². The van der Waals surface area contributed by atoms with E-state index in [1.165, 1.54) is 24.3 Å². The van der Waals surface area contributed by atoms with E-state index >= 15 is 0 Å². The van der Waals surface area contributed by atoms with Gasteiger partial charge in [-0.3, -0.25) is 4.79 Å². The Hall–Kier alpha value is -1.98. The van der Waals surface area contributed by atoms with Crippen molar-refractivity contribution in [2.24, 2.45) is 0 Å². The maximum Gasteiger partial charge on any atom is 0.416 e. The van der Waals surface area contributed by atoms with Crippen molar-refractivity contribution in [1.82, 2.24) is 5.32 Å². The van der Waals surface area contributed by atoms with Gasteiger partial charge in [0.05, 0.1) is 5.56 Å². The van der Waals surface area contributed by atoms with E-state index < -0.39 is 17.6 Å². The molecular formula is C17H12Cl2F3NO. The van der Waals surface area contributed by atoms with Crippen LogP contribution in [0.4, 0.5) is 13.2 Å². The number of hydrogen-bond donors (Lipinski definition) is 1. The highest BCUT2D eigenvalue weighted by atomic mass is 35.5. The van der Waals surface area contributed by atoms with Gasteiger partial charge in [0.25, 0.3) is 0 Å². The second kappa shape index (κ2) is 7.73. The molecule has 1 N–H and O–H groups in total. The van der Waals surface area contributed by atoms with E-state index in [2.05, 4.69) is 5.32 Å². The zero-order valence-corrected chi connectivity index (χ0v) is 13.7. The molecule has 126 valence electrons. The van der Waals surface area contributed by atoms with Crippen molar-refractivity contribution >= 4 is 35.2 Å². The Balaban J connectivity index is 1.98. The minimum absolute atomic E-state index is 0.182. The second-order valence-corrected chi connectivity index (χ2v) is 5.75. The second-order valence-electron chi connectivity index (χ2n) is 4.91. The molecule has 0 heterocycles. The highest BCUT2D eigenvalue weighted by Gasteiger charge is 2.30. The third-order valence-corrected chi connectivity index (χ3v) is 3.70. The van der Waals surface area contributed by atoms with Crippen molar-refractivity contribution < 1.29 is 18.0 Å². The summed E-state index contributed by atoms with van der Waals surface area (Å²) in [6.07, 6.45) is -1.94. The van der Waals surface area contributed by atoms with Crippen LogP contribution in [0.3, 0.4) is 0 Å². The van der Waals surface area contributed by atoms with Crippen molar-refractivity contribution in [3.05, 3.63) is 75.3 Å². The smallest absolute Gasteiger partial charge is 0.348 e. The molecule has 0 saturated heterocycles. The fourth-order valence-electron chi connectivity index (χ4n) is 1.90. The van der Waals surface area contributed by atoms with Gasteiger partial charge >= 0.3 is 6.18 Å². The lowest BCUT2D eigenvalue weighted by atomic mass is 10.1. The summed E-state index contributed by atoms with van der Waals surface area (Å²) in [5.41, 5.74) is 0.199. The summed E-state index contributed by atoms with van der Waals surface area (Å²) < 4.78 is 37.8. The Bertz CT molecular complexity index is 773. The van der Waals surface area contributed by atoms with Gasteiger partial charge in [0.1, 0.15) is 0 Å². The predicted molar refractivity (Wildman–Crippen MR) is 88.8 cm³/mol. The topological polar surface area (TPSA) is 29.1 Å². The lowest BCUT2D eigenvalue weighted by Gasteiger charge is -2.07. The highest BCUT2D eigenvalue weighted by Crippen LogP contribution is 2.29. The molecule has 2 aromatic rings. The Labute approximate surface area is 146 Å². The van der Waals surface area contributed by atoms with Gasteiger partial charge in [-0.1, -0.05) is 41.4 Å². The molecule has 0 saturated carbocycles. The molecule has 0 aliphatic carbocycles. The maximum atomic E-state index is 12.6. The van der Waals surface area contributed by atoms with Crippen LogP contribution < -0.4 is 5.32 Å². The molecule has 0 unspecified atom stereocenters. The zero-order valence-electron chi connectivity index (χ0n) is 12.2. The molecule has 0 aliphatic heterocycles. The van der Waals surface area contributed by atoms with Gasteiger partial charge in [0.15, 0.2) is 0 Å². The minimum Gasteiger partial charge on any atom is -0.348 e. The Morgan fingerprint density at radius 2 is 1.88 bits per heavy atom. The van der Waals surface area contributed by atoms with Crippen molar-refractivity contribution in [2.45, 2.75) is 12.7 Å². The number of alkyl halides is 3. The molecule has 0 spiro atoms. The molecular weight excluding hydrogens is 362 g/mol. The molecule has 2 rings (SSSR count). The number of hydrogen-bond acceptors (Lipinski definition) is 1. The van der Waals surface area contributed by atoms with Gasteiger partial charge in [-0.05, 0) is 41.5 Å². The lowest BCUT2D eigenvalue weighted by Crippen LogP contribution is -2.20. The van der Waals surface area contributed by atoms with Crippen LogP contribution >= 0.6 is 23.2 Å². The summed E-state index contributed by atoms with van der Waals surface area (Å²) in [6.45, 7) is 0.182. The molecule has 0 aromatic heterocycles. The molecule has 24 heavy (non-hydrogen) atoms. The summed E-state index contributed by atoms with van der Waals surface area (Å²) >= 11 is 11.8. The van der Waals surface area contributed by atoms with Crippen molar-refractivity contribution in [3.63, 3.8) is 0 Å². The molecule has 2 aromatic carbocycles. The van der Waals surface area contributed by atoms with Gasteiger partial charge in [-0.15, -0.1) is 0 Å². The van der Waals surface area contributed by atoms with Gasteiger partial charge < -0.3 is 5.32 Å². The van der Waals surface area contributed by atoms with Crippen LogP contribution in [0.1, 0.15) is 16.7 Å². The number of carbonyl (C=O) groups is 1. The zero-order chi connectivity index (χ0) is 17.7. The fourth-order valence-corrected chi connectivity index (χ4v) is 2.37. The predicted octanol–water partition coefficient (Wildman–Crippen LogP) is 5.34. The standard InChI is InChI=1S/C17H12Cl2F3NO/c18-14-6-5-12(15(19)9-14)10-23-16(24)7-4-11-2-1-3-13(8-11)17(20,21)22/h1-9H,10H2,(H,23,24)/b7-4+. The third kappa shape index (κ3) is 5.28. The molecule has 1 amide bonds. The van der Waals surface area contributed by atoms with Crippen LogP contribution in [0.2, 0.25) is 10.0 Å².